The Labute approximate surface area is 148 Å². The van der Waals surface area contributed by atoms with Crippen LogP contribution in [0.3, 0.4) is 0 Å². The summed E-state index contributed by atoms with van der Waals surface area (Å²) in [7, 11) is 0. The summed E-state index contributed by atoms with van der Waals surface area (Å²) in [6.07, 6.45) is 2.43. The lowest BCUT2D eigenvalue weighted by molar-refractivity contribution is -0.125. The van der Waals surface area contributed by atoms with Crippen LogP contribution in [-0.2, 0) is 16.0 Å². The second-order valence-corrected chi connectivity index (χ2v) is 7.03. The van der Waals surface area contributed by atoms with E-state index >= 15 is 0 Å². The van der Waals surface area contributed by atoms with Crippen molar-refractivity contribution in [1.29, 1.82) is 0 Å². The number of hydrogen-bond acceptors (Lipinski definition) is 5. The van der Waals surface area contributed by atoms with E-state index < -0.39 is 0 Å². The molecule has 0 saturated carbocycles. The molecule has 0 bridgehead atoms. The first-order valence-electron chi connectivity index (χ1n) is 7.57. The molecule has 8 heteroatoms. The van der Waals surface area contributed by atoms with Gasteiger partial charge in [-0.2, -0.15) is 0 Å². The normalized spacial score (nSPS) is 15.1. The number of anilines is 1. The lowest BCUT2D eigenvalue weighted by Crippen LogP contribution is -2.49. The minimum absolute atomic E-state index is 0.0506. The Morgan fingerprint density at radius 3 is 3.04 bits per heavy atom. The van der Waals surface area contributed by atoms with Gasteiger partial charge in [0, 0.05) is 35.6 Å². The van der Waals surface area contributed by atoms with Crippen LogP contribution < -0.4 is 10.6 Å². The summed E-state index contributed by atoms with van der Waals surface area (Å²) in [5.74, 6) is -0.214. The maximum atomic E-state index is 12.1. The Bertz CT molecular complexity index is 749. The third kappa shape index (κ3) is 4.53. The number of amides is 2. The number of thiazole rings is 1. The predicted molar refractivity (Wildman–Crippen MR) is 94.5 cm³/mol. The number of nitrogens with one attached hydrogen (secondary N) is 2. The average Bonchev–Trinajstić information content (AvgIpc) is 2.96. The molecule has 6 nitrogen and oxygen atoms in total. The van der Waals surface area contributed by atoms with Crippen LogP contribution in [0.15, 0.2) is 30.5 Å². The first-order chi connectivity index (χ1) is 11.6. The highest BCUT2D eigenvalue weighted by Gasteiger charge is 2.19. The van der Waals surface area contributed by atoms with Crippen LogP contribution in [0.2, 0.25) is 5.02 Å². The molecule has 1 aliphatic heterocycles. The summed E-state index contributed by atoms with van der Waals surface area (Å²) < 4.78 is 0. The summed E-state index contributed by atoms with van der Waals surface area (Å²) in [6, 6.07) is 7.67. The van der Waals surface area contributed by atoms with Crippen molar-refractivity contribution in [2.75, 3.05) is 31.5 Å². The van der Waals surface area contributed by atoms with Gasteiger partial charge in [-0.15, -0.1) is 11.3 Å². The Morgan fingerprint density at radius 2 is 2.25 bits per heavy atom. The molecule has 0 radical (unpaired) electrons. The highest BCUT2D eigenvalue weighted by Crippen LogP contribution is 2.24. The molecule has 3 rings (SSSR count). The molecular formula is C16H17ClN4O2S. The molecule has 126 valence electrons. The molecule has 1 saturated heterocycles. The summed E-state index contributed by atoms with van der Waals surface area (Å²) in [5, 5.41) is 6.80. The Kier molecular flexibility index (Phi) is 5.44. The smallest absolute Gasteiger partial charge is 0.240 e. The summed E-state index contributed by atoms with van der Waals surface area (Å²) in [5.41, 5.74) is 1.03. The summed E-state index contributed by atoms with van der Waals surface area (Å²) >= 11 is 7.59. The number of carbonyl (C=O) groups excluding carboxylic acids is 2. The number of benzene rings is 1. The van der Waals surface area contributed by atoms with Gasteiger partial charge in [-0.1, -0.05) is 29.8 Å². The number of halogens is 1. The minimum Gasteiger partial charge on any atom is -0.354 e. The van der Waals surface area contributed by atoms with Crippen LogP contribution in [0.5, 0.6) is 0 Å². The predicted octanol–water partition coefficient (Wildman–Crippen LogP) is 1.76. The van der Waals surface area contributed by atoms with E-state index in [0.717, 1.165) is 15.5 Å². The molecule has 2 aromatic rings. The monoisotopic (exact) mass is 364 g/mol. The van der Waals surface area contributed by atoms with Gasteiger partial charge >= 0.3 is 0 Å². The van der Waals surface area contributed by atoms with Crippen molar-refractivity contribution in [3.05, 3.63) is 45.9 Å². The van der Waals surface area contributed by atoms with Crippen LogP contribution >= 0.6 is 22.9 Å². The van der Waals surface area contributed by atoms with Gasteiger partial charge in [0.15, 0.2) is 5.13 Å². The first-order valence-corrected chi connectivity index (χ1v) is 8.76. The van der Waals surface area contributed by atoms with Crippen molar-refractivity contribution in [1.82, 2.24) is 15.2 Å². The van der Waals surface area contributed by atoms with Gasteiger partial charge in [0.1, 0.15) is 0 Å². The average molecular weight is 365 g/mol. The van der Waals surface area contributed by atoms with E-state index in [1.807, 2.05) is 29.2 Å². The van der Waals surface area contributed by atoms with E-state index in [0.29, 0.717) is 24.6 Å². The van der Waals surface area contributed by atoms with E-state index in [2.05, 4.69) is 15.6 Å². The SMILES string of the molecule is O=C1CN(CC(=O)Nc2ncc(Cc3ccccc3Cl)s2)CCN1. The number of rotatable bonds is 5. The molecule has 0 aliphatic carbocycles. The van der Waals surface area contributed by atoms with E-state index in [4.69, 9.17) is 11.6 Å². The molecule has 1 aliphatic rings. The van der Waals surface area contributed by atoms with Crippen molar-refractivity contribution in [3.63, 3.8) is 0 Å². The zero-order valence-electron chi connectivity index (χ0n) is 12.9. The van der Waals surface area contributed by atoms with E-state index in [1.165, 1.54) is 11.3 Å². The standard InChI is InChI=1S/C16H17ClN4O2S/c17-13-4-2-1-3-11(13)7-12-8-19-16(24-12)20-15(23)10-21-6-5-18-14(22)9-21/h1-4,8H,5-7,9-10H2,(H,18,22)(H,19,20,23). The molecule has 2 heterocycles. The van der Waals surface area contributed by atoms with Gasteiger partial charge in [0.25, 0.3) is 0 Å². The molecular weight excluding hydrogens is 348 g/mol. The number of carbonyl (C=O) groups is 2. The Hall–Kier alpha value is -1.96. The van der Waals surface area contributed by atoms with E-state index in [-0.39, 0.29) is 24.9 Å². The second kappa shape index (κ2) is 7.74. The summed E-state index contributed by atoms with van der Waals surface area (Å²) in [4.78, 5) is 30.5. The molecule has 0 atom stereocenters. The largest absolute Gasteiger partial charge is 0.354 e. The molecule has 2 amide bonds. The number of aromatic nitrogens is 1. The summed E-state index contributed by atoms with van der Waals surface area (Å²) in [6.45, 7) is 1.69. The van der Waals surface area contributed by atoms with Gasteiger partial charge in [-0.25, -0.2) is 4.98 Å². The highest BCUT2D eigenvalue weighted by atomic mass is 35.5. The lowest BCUT2D eigenvalue weighted by Gasteiger charge is -2.25. The fourth-order valence-corrected chi connectivity index (χ4v) is 3.52. The molecule has 1 fully saturated rings. The van der Waals surface area contributed by atoms with Crippen LogP contribution in [-0.4, -0.2) is 47.9 Å². The lowest BCUT2D eigenvalue weighted by atomic mass is 10.1. The zero-order valence-corrected chi connectivity index (χ0v) is 14.5. The third-order valence-electron chi connectivity index (χ3n) is 3.61. The first kappa shape index (κ1) is 16.9. The number of nitrogens with zero attached hydrogens (tertiary/aromatic N) is 2. The zero-order chi connectivity index (χ0) is 16.9. The second-order valence-electron chi connectivity index (χ2n) is 5.51. The van der Waals surface area contributed by atoms with Crippen LogP contribution in [0, 0.1) is 0 Å². The topological polar surface area (TPSA) is 74.3 Å². The Morgan fingerprint density at radius 1 is 1.42 bits per heavy atom. The highest BCUT2D eigenvalue weighted by molar-refractivity contribution is 7.15. The molecule has 24 heavy (non-hydrogen) atoms. The van der Waals surface area contributed by atoms with E-state index in [9.17, 15) is 9.59 Å². The van der Waals surface area contributed by atoms with Gasteiger partial charge in [-0.3, -0.25) is 14.5 Å². The van der Waals surface area contributed by atoms with Crippen LogP contribution in [0.1, 0.15) is 10.4 Å². The van der Waals surface area contributed by atoms with Crippen molar-refractivity contribution in [2.45, 2.75) is 6.42 Å². The molecule has 1 aromatic heterocycles. The quantitative estimate of drug-likeness (QED) is 0.847. The van der Waals surface area contributed by atoms with Crippen molar-refractivity contribution >= 4 is 39.9 Å². The molecule has 1 aromatic carbocycles. The van der Waals surface area contributed by atoms with E-state index in [1.54, 1.807) is 6.20 Å². The molecule has 2 N–H and O–H groups in total. The van der Waals surface area contributed by atoms with Gasteiger partial charge < -0.3 is 10.6 Å². The molecule has 0 spiro atoms. The van der Waals surface area contributed by atoms with Crippen molar-refractivity contribution in [2.24, 2.45) is 0 Å². The fourth-order valence-electron chi connectivity index (χ4n) is 2.46. The van der Waals surface area contributed by atoms with Gasteiger partial charge in [0.05, 0.1) is 13.1 Å². The third-order valence-corrected chi connectivity index (χ3v) is 4.89. The fraction of sp³-hybridized carbons (Fsp3) is 0.312. The molecule has 0 unspecified atom stereocenters. The maximum Gasteiger partial charge on any atom is 0.240 e. The van der Waals surface area contributed by atoms with Crippen molar-refractivity contribution in [3.8, 4) is 0 Å². The van der Waals surface area contributed by atoms with Gasteiger partial charge in [-0.05, 0) is 11.6 Å². The van der Waals surface area contributed by atoms with Crippen LogP contribution in [0.4, 0.5) is 5.13 Å². The minimum atomic E-state index is -0.164. The maximum absolute atomic E-state index is 12.1. The Balaban J connectivity index is 1.55. The van der Waals surface area contributed by atoms with Gasteiger partial charge in [0.2, 0.25) is 11.8 Å². The van der Waals surface area contributed by atoms with Crippen molar-refractivity contribution < 1.29 is 9.59 Å². The van der Waals surface area contributed by atoms with Crippen LogP contribution in [0.25, 0.3) is 0 Å². The number of piperazine rings is 1. The number of hydrogen-bond donors (Lipinski definition) is 2.